The third-order valence-electron chi connectivity index (χ3n) is 4.13. The second-order valence-corrected chi connectivity index (χ2v) is 6.66. The number of aromatic nitrogens is 1. The van der Waals surface area contributed by atoms with E-state index in [9.17, 15) is 9.59 Å². The van der Waals surface area contributed by atoms with E-state index in [1.165, 1.54) is 0 Å². The highest BCUT2D eigenvalue weighted by Gasteiger charge is 2.10. The van der Waals surface area contributed by atoms with Crippen molar-refractivity contribution < 1.29 is 9.59 Å². The lowest BCUT2D eigenvalue weighted by molar-refractivity contribution is 0.0950. The Morgan fingerprint density at radius 3 is 2.32 bits per heavy atom. The van der Waals surface area contributed by atoms with Crippen LogP contribution in [0.2, 0.25) is 5.02 Å². The summed E-state index contributed by atoms with van der Waals surface area (Å²) in [5.74, 6) is -0.472. The van der Waals surface area contributed by atoms with E-state index in [0.29, 0.717) is 35.7 Å². The molecule has 2 N–H and O–H groups in total. The summed E-state index contributed by atoms with van der Waals surface area (Å²) >= 11 is 5.96. The number of carbonyl (C=O) groups is 2. The molecule has 0 aliphatic carbocycles. The first-order valence-corrected chi connectivity index (χ1v) is 9.30. The average molecular weight is 394 g/mol. The van der Waals surface area contributed by atoms with E-state index in [2.05, 4.69) is 15.6 Å². The maximum atomic E-state index is 12.4. The van der Waals surface area contributed by atoms with E-state index in [-0.39, 0.29) is 11.8 Å². The fourth-order valence-electron chi connectivity index (χ4n) is 2.69. The third-order valence-corrected chi connectivity index (χ3v) is 4.37. The van der Waals surface area contributed by atoms with Gasteiger partial charge in [-0.3, -0.25) is 14.6 Å². The molecule has 142 valence electrons. The van der Waals surface area contributed by atoms with Crippen LogP contribution in [0.1, 0.15) is 32.0 Å². The number of nitrogens with zero attached hydrogens (tertiary/aromatic N) is 1. The van der Waals surface area contributed by atoms with Gasteiger partial charge in [0, 0.05) is 28.9 Å². The predicted molar refractivity (Wildman–Crippen MR) is 109 cm³/mol. The second kappa shape index (κ2) is 9.67. The summed E-state index contributed by atoms with van der Waals surface area (Å²) in [7, 11) is 0. The van der Waals surface area contributed by atoms with E-state index in [4.69, 9.17) is 11.6 Å². The van der Waals surface area contributed by atoms with Crippen LogP contribution in [0.3, 0.4) is 0 Å². The molecule has 1 aromatic heterocycles. The number of hydrogen-bond acceptors (Lipinski definition) is 3. The first-order valence-electron chi connectivity index (χ1n) is 8.92. The summed E-state index contributed by atoms with van der Waals surface area (Å²) in [5.41, 5.74) is 2.69. The van der Waals surface area contributed by atoms with Crippen LogP contribution in [0.25, 0.3) is 0 Å². The van der Waals surface area contributed by atoms with E-state index < -0.39 is 0 Å². The first kappa shape index (κ1) is 19.6. The third kappa shape index (κ3) is 5.66. The van der Waals surface area contributed by atoms with Gasteiger partial charge in [-0.05, 0) is 54.4 Å². The zero-order valence-corrected chi connectivity index (χ0v) is 15.9. The summed E-state index contributed by atoms with van der Waals surface area (Å²) < 4.78 is 0. The van der Waals surface area contributed by atoms with Gasteiger partial charge < -0.3 is 10.6 Å². The summed E-state index contributed by atoms with van der Waals surface area (Å²) in [4.78, 5) is 28.9. The van der Waals surface area contributed by atoms with Crippen LogP contribution < -0.4 is 10.6 Å². The Kier molecular flexibility index (Phi) is 6.76. The largest absolute Gasteiger partial charge is 0.352 e. The van der Waals surface area contributed by atoms with Gasteiger partial charge in [0.2, 0.25) is 0 Å². The Morgan fingerprint density at radius 2 is 1.61 bits per heavy atom. The van der Waals surface area contributed by atoms with E-state index in [1.54, 1.807) is 30.5 Å². The summed E-state index contributed by atoms with van der Waals surface area (Å²) in [5, 5.41) is 6.35. The van der Waals surface area contributed by atoms with Gasteiger partial charge >= 0.3 is 0 Å². The lowest BCUT2D eigenvalue weighted by Crippen LogP contribution is -2.27. The smallest absolute Gasteiger partial charge is 0.251 e. The molecule has 0 bridgehead atoms. The molecule has 0 unspecified atom stereocenters. The normalized spacial score (nSPS) is 10.3. The van der Waals surface area contributed by atoms with Crippen molar-refractivity contribution in [1.82, 2.24) is 15.6 Å². The second-order valence-electron chi connectivity index (χ2n) is 6.22. The lowest BCUT2D eigenvalue weighted by atomic mass is 10.1. The molecule has 0 saturated heterocycles. The lowest BCUT2D eigenvalue weighted by Gasteiger charge is -2.08. The van der Waals surface area contributed by atoms with Gasteiger partial charge in [-0.2, -0.15) is 0 Å². The van der Waals surface area contributed by atoms with Gasteiger partial charge in [0.1, 0.15) is 0 Å². The molecule has 5 nitrogen and oxygen atoms in total. The molecule has 2 aromatic carbocycles. The highest BCUT2D eigenvalue weighted by Crippen LogP contribution is 2.11. The molecule has 0 saturated carbocycles. The molecule has 2 amide bonds. The van der Waals surface area contributed by atoms with Gasteiger partial charge in [-0.25, -0.2) is 0 Å². The number of nitrogens with one attached hydrogen (secondary N) is 2. The van der Waals surface area contributed by atoms with Crippen LogP contribution >= 0.6 is 11.6 Å². The SMILES string of the molecule is O=C(NCCc1cccc(Cl)c1)c1cccc(C(=O)NCc2ccccn2)c1. The summed E-state index contributed by atoms with van der Waals surface area (Å²) in [6.45, 7) is 0.811. The number of pyridine rings is 1. The fourth-order valence-corrected chi connectivity index (χ4v) is 2.91. The van der Waals surface area contributed by atoms with Crippen LogP contribution in [-0.4, -0.2) is 23.3 Å². The Labute approximate surface area is 168 Å². The molecular formula is C22H20ClN3O2. The predicted octanol–water partition coefficient (Wildman–Crippen LogP) is 3.64. The van der Waals surface area contributed by atoms with Crippen molar-refractivity contribution in [2.24, 2.45) is 0 Å². The monoisotopic (exact) mass is 393 g/mol. The van der Waals surface area contributed by atoms with Crippen molar-refractivity contribution in [1.29, 1.82) is 0 Å². The van der Waals surface area contributed by atoms with E-state index >= 15 is 0 Å². The van der Waals surface area contributed by atoms with Gasteiger partial charge in [0.15, 0.2) is 0 Å². The number of carbonyl (C=O) groups excluding carboxylic acids is 2. The molecule has 0 atom stereocenters. The Hall–Kier alpha value is -3.18. The van der Waals surface area contributed by atoms with Crippen molar-refractivity contribution in [3.8, 4) is 0 Å². The minimum absolute atomic E-state index is 0.221. The van der Waals surface area contributed by atoms with Crippen molar-refractivity contribution in [2.75, 3.05) is 6.54 Å². The minimum Gasteiger partial charge on any atom is -0.352 e. The maximum absolute atomic E-state index is 12.4. The number of benzene rings is 2. The number of hydrogen-bond donors (Lipinski definition) is 2. The van der Waals surface area contributed by atoms with E-state index in [1.807, 2.05) is 42.5 Å². The maximum Gasteiger partial charge on any atom is 0.251 e. The van der Waals surface area contributed by atoms with Crippen LogP contribution in [0.15, 0.2) is 72.9 Å². The fraction of sp³-hybridized carbons (Fsp3) is 0.136. The van der Waals surface area contributed by atoms with Crippen LogP contribution in [0.4, 0.5) is 0 Å². The molecule has 28 heavy (non-hydrogen) atoms. The minimum atomic E-state index is -0.251. The van der Waals surface area contributed by atoms with E-state index in [0.717, 1.165) is 11.3 Å². The van der Waals surface area contributed by atoms with Gasteiger partial charge in [0.25, 0.3) is 11.8 Å². The zero-order chi connectivity index (χ0) is 19.8. The van der Waals surface area contributed by atoms with Gasteiger partial charge in [0.05, 0.1) is 12.2 Å². The highest BCUT2D eigenvalue weighted by atomic mass is 35.5. The number of halogens is 1. The average Bonchev–Trinajstić information content (AvgIpc) is 2.73. The molecule has 0 fully saturated rings. The van der Waals surface area contributed by atoms with Gasteiger partial charge in [-0.1, -0.05) is 35.9 Å². The Bertz CT molecular complexity index is 961. The molecule has 3 rings (SSSR count). The molecule has 0 aliphatic rings. The topological polar surface area (TPSA) is 71.1 Å². The molecule has 1 heterocycles. The number of rotatable bonds is 7. The van der Waals surface area contributed by atoms with Crippen molar-refractivity contribution >= 4 is 23.4 Å². The van der Waals surface area contributed by atoms with Crippen molar-refractivity contribution in [3.05, 3.63) is 100 Å². The molecule has 3 aromatic rings. The molecule has 0 radical (unpaired) electrons. The van der Waals surface area contributed by atoms with Crippen molar-refractivity contribution in [3.63, 3.8) is 0 Å². The van der Waals surface area contributed by atoms with Crippen LogP contribution in [-0.2, 0) is 13.0 Å². The molecule has 0 aliphatic heterocycles. The molecule has 0 spiro atoms. The quantitative estimate of drug-likeness (QED) is 0.643. The Balaban J connectivity index is 1.54. The molecule has 6 heteroatoms. The van der Waals surface area contributed by atoms with Crippen LogP contribution in [0, 0.1) is 0 Å². The molecular weight excluding hydrogens is 374 g/mol. The first-order chi connectivity index (χ1) is 13.6. The Morgan fingerprint density at radius 1 is 0.857 bits per heavy atom. The number of amides is 2. The standard InChI is InChI=1S/C22H20ClN3O2/c23-19-8-3-5-16(13-19)10-12-25-21(27)17-6-4-7-18(14-17)22(28)26-15-20-9-1-2-11-24-20/h1-9,11,13-14H,10,12,15H2,(H,25,27)(H,26,28). The zero-order valence-electron chi connectivity index (χ0n) is 15.2. The highest BCUT2D eigenvalue weighted by molar-refractivity contribution is 6.30. The van der Waals surface area contributed by atoms with Crippen LogP contribution in [0.5, 0.6) is 0 Å². The summed E-state index contributed by atoms with van der Waals surface area (Å²) in [6.07, 6.45) is 2.35. The van der Waals surface area contributed by atoms with Gasteiger partial charge in [-0.15, -0.1) is 0 Å². The summed E-state index contributed by atoms with van der Waals surface area (Å²) in [6, 6.07) is 19.7. The van der Waals surface area contributed by atoms with Crippen molar-refractivity contribution in [2.45, 2.75) is 13.0 Å².